The summed E-state index contributed by atoms with van der Waals surface area (Å²) in [7, 11) is -3.68. The van der Waals surface area contributed by atoms with Crippen LogP contribution in [0.25, 0.3) is 0 Å². The van der Waals surface area contributed by atoms with Crippen LogP contribution in [0.15, 0.2) is 20.0 Å². The van der Waals surface area contributed by atoms with Crippen LogP contribution >= 0.6 is 15.9 Å². The predicted molar refractivity (Wildman–Crippen MR) is 75.7 cm³/mol. The first-order valence-corrected chi connectivity index (χ1v) is 8.46. The van der Waals surface area contributed by atoms with Crippen molar-refractivity contribution in [1.82, 2.24) is 4.31 Å². The molecule has 0 bridgehead atoms. The maximum atomic E-state index is 12.7. The zero-order valence-corrected chi connectivity index (χ0v) is 14.0. The average molecular weight is 368 g/mol. The van der Waals surface area contributed by atoms with E-state index in [0.29, 0.717) is 0 Å². The fourth-order valence-electron chi connectivity index (χ4n) is 2.37. The number of hydrogen-bond donors (Lipinski definition) is 1. The summed E-state index contributed by atoms with van der Waals surface area (Å²) in [5.74, 6) is 0.205. The van der Waals surface area contributed by atoms with Crippen LogP contribution in [0.3, 0.4) is 0 Å². The van der Waals surface area contributed by atoms with E-state index in [1.54, 1.807) is 0 Å². The molecule has 6 nitrogen and oxygen atoms in total. The summed E-state index contributed by atoms with van der Waals surface area (Å²) in [6, 6.07) is 1.34. The highest BCUT2D eigenvalue weighted by molar-refractivity contribution is 9.10. The molecule has 0 amide bonds. The molecule has 1 atom stereocenters. The Kier molecular flexibility index (Phi) is 4.32. The Morgan fingerprint density at radius 3 is 2.70 bits per heavy atom. The van der Waals surface area contributed by atoms with Crippen LogP contribution in [-0.2, 0) is 21.4 Å². The quantitative estimate of drug-likeness (QED) is 0.879. The molecule has 0 aliphatic carbocycles. The number of aliphatic hydroxyl groups excluding tert-OH is 1. The van der Waals surface area contributed by atoms with Crippen LogP contribution < -0.4 is 0 Å². The average Bonchev–Trinajstić information content (AvgIpc) is 2.68. The topological polar surface area (TPSA) is 80.0 Å². The number of ether oxygens (including phenoxy) is 1. The van der Waals surface area contributed by atoms with Gasteiger partial charge in [0.15, 0.2) is 4.67 Å². The van der Waals surface area contributed by atoms with Crippen molar-refractivity contribution in [3.05, 3.63) is 16.5 Å². The van der Waals surface area contributed by atoms with Crippen LogP contribution in [0.2, 0.25) is 0 Å². The van der Waals surface area contributed by atoms with Gasteiger partial charge in [-0.1, -0.05) is 0 Å². The fourth-order valence-corrected chi connectivity index (χ4v) is 5.00. The number of nitrogens with zero attached hydrogens (tertiary/aromatic N) is 1. The summed E-state index contributed by atoms with van der Waals surface area (Å²) >= 11 is 3.09. The van der Waals surface area contributed by atoms with Crippen molar-refractivity contribution in [1.29, 1.82) is 0 Å². The van der Waals surface area contributed by atoms with Gasteiger partial charge < -0.3 is 14.3 Å². The van der Waals surface area contributed by atoms with Crippen LogP contribution in [-0.4, -0.2) is 42.6 Å². The first kappa shape index (κ1) is 16.0. The lowest BCUT2D eigenvalue weighted by Gasteiger charge is -2.40. The Bertz CT molecular complexity index is 595. The van der Waals surface area contributed by atoms with Crippen molar-refractivity contribution in [3.63, 3.8) is 0 Å². The molecule has 0 aromatic carbocycles. The molecule has 1 aliphatic heterocycles. The summed E-state index contributed by atoms with van der Waals surface area (Å²) in [6.45, 7) is 5.76. The van der Waals surface area contributed by atoms with E-state index in [2.05, 4.69) is 15.9 Å². The maximum Gasteiger partial charge on any atom is 0.247 e. The third kappa shape index (κ3) is 3.09. The zero-order valence-electron chi connectivity index (χ0n) is 11.6. The number of morpholine rings is 1. The second kappa shape index (κ2) is 5.42. The van der Waals surface area contributed by atoms with Crippen molar-refractivity contribution in [2.45, 2.75) is 44.0 Å². The molecule has 1 unspecified atom stereocenters. The molecule has 20 heavy (non-hydrogen) atoms. The van der Waals surface area contributed by atoms with Gasteiger partial charge in [0, 0.05) is 19.2 Å². The van der Waals surface area contributed by atoms with Crippen LogP contribution in [0.5, 0.6) is 0 Å². The van der Waals surface area contributed by atoms with Gasteiger partial charge in [-0.05, 0) is 36.7 Å². The summed E-state index contributed by atoms with van der Waals surface area (Å²) in [5.41, 5.74) is -0.541. The second-order valence-electron chi connectivity index (χ2n) is 5.49. The number of aliphatic hydroxyl groups is 1. The monoisotopic (exact) mass is 367 g/mol. The number of hydrogen-bond acceptors (Lipinski definition) is 5. The van der Waals surface area contributed by atoms with E-state index in [1.165, 1.54) is 10.4 Å². The molecule has 1 aliphatic rings. The standard InChI is InChI=1S/C12H18BrNO5S/c1-8-5-14(7-12(2,3)19-8)20(16,17)10-4-9(6-15)18-11(10)13/h4,8,15H,5-7H2,1-3H3. The van der Waals surface area contributed by atoms with E-state index in [9.17, 15) is 8.42 Å². The molecule has 0 spiro atoms. The first-order valence-electron chi connectivity index (χ1n) is 6.23. The molecule has 2 heterocycles. The van der Waals surface area contributed by atoms with Gasteiger partial charge in [-0.25, -0.2) is 8.42 Å². The van der Waals surface area contributed by atoms with Gasteiger partial charge in [-0.2, -0.15) is 4.31 Å². The molecular weight excluding hydrogens is 350 g/mol. The van der Waals surface area contributed by atoms with Crippen molar-refractivity contribution in [3.8, 4) is 0 Å². The minimum Gasteiger partial charge on any atom is -0.450 e. The molecule has 2 rings (SSSR count). The Morgan fingerprint density at radius 2 is 2.20 bits per heavy atom. The molecule has 1 fully saturated rings. The Labute approximate surface area is 126 Å². The van der Waals surface area contributed by atoms with E-state index < -0.39 is 15.6 Å². The van der Waals surface area contributed by atoms with Crippen molar-refractivity contribution in [2.75, 3.05) is 13.1 Å². The van der Waals surface area contributed by atoms with Gasteiger partial charge >= 0.3 is 0 Å². The fraction of sp³-hybridized carbons (Fsp3) is 0.667. The smallest absolute Gasteiger partial charge is 0.247 e. The van der Waals surface area contributed by atoms with Crippen LogP contribution in [0.4, 0.5) is 0 Å². The zero-order chi connectivity index (χ0) is 15.1. The van der Waals surface area contributed by atoms with E-state index >= 15 is 0 Å². The number of furan rings is 1. The van der Waals surface area contributed by atoms with Gasteiger partial charge in [-0.3, -0.25) is 0 Å². The van der Waals surface area contributed by atoms with E-state index in [4.69, 9.17) is 14.3 Å². The molecule has 1 saturated heterocycles. The normalized spacial score (nSPS) is 23.9. The molecule has 114 valence electrons. The van der Waals surface area contributed by atoms with Crippen molar-refractivity contribution < 1.29 is 22.7 Å². The summed E-state index contributed by atoms with van der Waals surface area (Å²) < 4.78 is 37.7. The highest BCUT2D eigenvalue weighted by atomic mass is 79.9. The maximum absolute atomic E-state index is 12.7. The first-order chi connectivity index (χ1) is 9.15. The molecule has 0 radical (unpaired) electrons. The third-order valence-electron chi connectivity index (χ3n) is 3.02. The molecule has 1 N–H and O–H groups in total. The molecular formula is C12H18BrNO5S. The largest absolute Gasteiger partial charge is 0.450 e. The number of rotatable bonds is 3. The molecule has 0 saturated carbocycles. The Morgan fingerprint density at radius 1 is 1.55 bits per heavy atom. The highest BCUT2D eigenvalue weighted by Gasteiger charge is 2.39. The summed E-state index contributed by atoms with van der Waals surface area (Å²) in [4.78, 5) is 0.0338. The van der Waals surface area contributed by atoms with Gasteiger partial charge in [-0.15, -0.1) is 0 Å². The van der Waals surface area contributed by atoms with E-state index in [-0.39, 0.29) is 41.1 Å². The molecule has 8 heteroatoms. The van der Waals surface area contributed by atoms with E-state index in [0.717, 1.165) is 0 Å². The second-order valence-corrected chi connectivity index (χ2v) is 8.12. The van der Waals surface area contributed by atoms with Crippen molar-refractivity contribution in [2.24, 2.45) is 0 Å². The minimum absolute atomic E-state index is 0.0338. The number of halogens is 1. The van der Waals surface area contributed by atoms with Gasteiger partial charge in [0.1, 0.15) is 17.3 Å². The lowest BCUT2D eigenvalue weighted by atomic mass is 10.1. The van der Waals surface area contributed by atoms with Gasteiger partial charge in [0.05, 0.1) is 11.7 Å². The SMILES string of the molecule is CC1CN(S(=O)(=O)c2cc(CO)oc2Br)CC(C)(C)O1. The molecule has 1 aromatic rings. The van der Waals surface area contributed by atoms with Crippen LogP contribution in [0.1, 0.15) is 26.5 Å². The summed E-state index contributed by atoms with van der Waals surface area (Å²) in [6.07, 6.45) is -0.184. The van der Waals surface area contributed by atoms with Gasteiger partial charge in [0.25, 0.3) is 0 Å². The predicted octanol–water partition coefficient (Wildman–Crippen LogP) is 1.72. The highest BCUT2D eigenvalue weighted by Crippen LogP contribution is 2.32. The van der Waals surface area contributed by atoms with E-state index in [1.807, 2.05) is 20.8 Å². The minimum atomic E-state index is -3.68. The lowest BCUT2D eigenvalue weighted by molar-refractivity contribution is -0.109. The molecule has 1 aromatic heterocycles. The van der Waals surface area contributed by atoms with Crippen LogP contribution in [0, 0.1) is 0 Å². The Balaban J connectivity index is 2.36. The number of sulfonamides is 1. The van der Waals surface area contributed by atoms with Crippen molar-refractivity contribution >= 4 is 26.0 Å². The summed E-state index contributed by atoms with van der Waals surface area (Å²) in [5, 5.41) is 9.03. The lowest BCUT2D eigenvalue weighted by Crippen LogP contribution is -2.53. The Hall–Kier alpha value is -0.410. The van der Waals surface area contributed by atoms with Gasteiger partial charge in [0.2, 0.25) is 10.0 Å². The third-order valence-corrected chi connectivity index (χ3v) is 5.69.